The van der Waals surface area contributed by atoms with Gasteiger partial charge in [-0.1, -0.05) is 18.2 Å². The highest BCUT2D eigenvalue weighted by atomic mass is 16.2. The van der Waals surface area contributed by atoms with Crippen LogP contribution in [0.2, 0.25) is 0 Å². The van der Waals surface area contributed by atoms with Crippen molar-refractivity contribution in [1.29, 1.82) is 0 Å². The monoisotopic (exact) mass is 248 g/mol. The number of amides is 2. The van der Waals surface area contributed by atoms with Crippen molar-refractivity contribution in [3.63, 3.8) is 0 Å². The van der Waals surface area contributed by atoms with Crippen molar-refractivity contribution >= 4 is 17.7 Å². The van der Waals surface area contributed by atoms with E-state index in [-0.39, 0.29) is 12.0 Å². The van der Waals surface area contributed by atoms with Crippen LogP contribution in [-0.4, -0.2) is 38.0 Å². The minimum absolute atomic E-state index is 0.193. The molecule has 18 heavy (non-hydrogen) atoms. The predicted molar refractivity (Wildman–Crippen MR) is 75.0 cm³/mol. The van der Waals surface area contributed by atoms with E-state index in [2.05, 4.69) is 4.99 Å². The van der Waals surface area contributed by atoms with E-state index in [1.165, 1.54) is 4.90 Å². The van der Waals surface area contributed by atoms with Crippen molar-refractivity contribution in [3.8, 4) is 0 Å². The molecule has 0 heterocycles. The first-order chi connectivity index (χ1) is 8.34. The van der Waals surface area contributed by atoms with E-state index < -0.39 is 0 Å². The molecule has 0 aromatic heterocycles. The van der Waals surface area contributed by atoms with Gasteiger partial charge in [-0.2, -0.15) is 4.99 Å². The van der Waals surface area contributed by atoms with Crippen molar-refractivity contribution in [2.24, 2.45) is 10.7 Å². The molecule has 5 heteroatoms. The van der Waals surface area contributed by atoms with Crippen LogP contribution in [0.4, 0.5) is 10.5 Å². The Labute approximate surface area is 108 Å². The first-order valence-corrected chi connectivity index (χ1v) is 5.70. The van der Waals surface area contributed by atoms with Crippen molar-refractivity contribution < 1.29 is 4.79 Å². The van der Waals surface area contributed by atoms with Crippen LogP contribution in [0.25, 0.3) is 0 Å². The highest BCUT2D eigenvalue weighted by Crippen LogP contribution is 2.23. The van der Waals surface area contributed by atoms with Gasteiger partial charge in [-0.3, -0.25) is 4.90 Å². The zero-order valence-corrected chi connectivity index (χ0v) is 11.6. The lowest BCUT2D eigenvalue weighted by Crippen LogP contribution is -2.34. The van der Waals surface area contributed by atoms with Gasteiger partial charge in [-0.15, -0.1) is 0 Å². The van der Waals surface area contributed by atoms with Gasteiger partial charge in [0.15, 0.2) is 5.96 Å². The van der Waals surface area contributed by atoms with Gasteiger partial charge in [0.25, 0.3) is 0 Å². The summed E-state index contributed by atoms with van der Waals surface area (Å²) in [7, 11) is 5.18. The van der Waals surface area contributed by atoms with Crippen LogP contribution in [0.1, 0.15) is 11.1 Å². The van der Waals surface area contributed by atoms with Crippen LogP contribution in [-0.2, 0) is 0 Å². The molecule has 0 aliphatic carbocycles. The van der Waals surface area contributed by atoms with Gasteiger partial charge >= 0.3 is 6.03 Å². The Morgan fingerprint density at radius 1 is 1.17 bits per heavy atom. The third kappa shape index (κ3) is 3.00. The minimum Gasteiger partial charge on any atom is -0.369 e. The number of hydrogen-bond acceptors (Lipinski definition) is 1. The molecule has 1 aromatic rings. The molecule has 0 aliphatic heterocycles. The van der Waals surface area contributed by atoms with Gasteiger partial charge in [-0.05, 0) is 25.0 Å². The Morgan fingerprint density at radius 3 is 2.11 bits per heavy atom. The van der Waals surface area contributed by atoms with Crippen molar-refractivity contribution in [1.82, 2.24) is 4.90 Å². The molecule has 0 radical (unpaired) electrons. The first-order valence-electron chi connectivity index (χ1n) is 5.70. The summed E-state index contributed by atoms with van der Waals surface area (Å²) in [5.41, 5.74) is 8.57. The predicted octanol–water partition coefficient (Wildman–Crippen LogP) is 1.74. The van der Waals surface area contributed by atoms with E-state index in [1.54, 1.807) is 26.0 Å². The zero-order valence-electron chi connectivity index (χ0n) is 11.6. The molecule has 0 saturated carbocycles. The van der Waals surface area contributed by atoms with Gasteiger partial charge in [0.2, 0.25) is 0 Å². The molecular weight excluding hydrogens is 228 g/mol. The molecule has 5 nitrogen and oxygen atoms in total. The number of carbonyl (C=O) groups is 1. The quantitative estimate of drug-likeness (QED) is 0.608. The van der Waals surface area contributed by atoms with Gasteiger partial charge in [0.1, 0.15) is 0 Å². The lowest BCUT2D eigenvalue weighted by atomic mass is 10.1. The summed E-state index contributed by atoms with van der Waals surface area (Å²) < 4.78 is 0. The van der Waals surface area contributed by atoms with Crippen molar-refractivity contribution in [2.45, 2.75) is 13.8 Å². The third-order valence-electron chi connectivity index (χ3n) is 2.73. The summed E-state index contributed by atoms with van der Waals surface area (Å²) in [5, 5.41) is 0. The van der Waals surface area contributed by atoms with Crippen LogP contribution in [0.3, 0.4) is 0 Å². The number of rotatable bonds is 1. The number of benzene rings is 1. The molecule has 0 saturated heterocycles. The van der Waals surface area contributed by atoms with E-state index in [1.807, 2.05) is 32.0 Å². The van der Waals surface area contributed by atoms with Crippen LogP contribution >= 0.6 is 0 Å². The van der Waals surface area contributed by atoms with E-state index >= 15 is 0 Å². The number of anilines is 1. The van der Waals surface area contributed by atoms with E-state index in [4.69, 9.17) is 5.73 Å². The average Bonchev–Trinajstić information content (AvgIpc) is 2.28. The molecule has 0 atom stereocenters. The highest BCUT2D eigenvalue weighted by Gasteiger charge is 2.15. The first kappa shape index (κ1) is 14.0. The van der Waals surface area contributed by atoms with E-state index in [0.717, 1.165) is 16.8 Å². The number of aryl methyl sites for hydroxylation is 2. The summed E-state index contributed by atoms with van der Waals surface area (Å²) in [6, 6.07) is 5.51. The smallest absolute Gasteiger partial charge is 0.350 e. The average molecular weight is 248 g/mol. The summed E-state index contributed by atoms with van der Waals surface area (Å²) in [5.74, 6) is 0.193. The summed E-state index contributed by atoms with van der Waals surface area (Å²) >= 11 is 0. The standard InChI is InChI=1S/C13H20N4O/c1-9-7-6-8-10(2)11(9)17(5)13(18)15-12(14)16(3)4/h6-8H,1-5H3,(H2,14,15,18). The molecule has 98 valence electrons. The van der Waals surface area contributed by atoms with Crippen LogP contribution in [0.5, 0.6) is 0 Å². The Bertz CT molecular complexity index is 460. The van der Waals surface area contributed by atoms with Crippen LogP contribution < -0.4 is 10.6 Å². The zero-order chi connectivity index (χ0) is 13.9. The number of guanidine groups is 1. The largest absolute Gasteiger partial charge is 0.369 e. The fraction of sp³-hybridized carbons (Fsp3) is 0.385. The lowest BCUT2D eigenvalue weighted by molar-refractivity contribution is 0.255. The van der Waals surface area contributed by atoms with Crippen LogP contribution in [0.15, 0.2) is 23.2 Å². The second kappa shape index (κ2) is 5.53. The topological polar surface area (TPSA) is 61.9 Å². The van der Waals surface area contributed by atoms with E-state index in [0.29, 0.717) is 0 Å². The van der Waals surface area contributed by atoms with Gasteiger partial charge in [-0.25, -0.2) is 4.79 Å². The number of nitrogens with two attached hydrogens (primary N) is 1. The molecule has 1 aromatic carbocycles. The second-order valence-corrected chi connectivity index (χ2v) is 4.45. The maximum absolute atomic E-state index is 12.0. The minimum atomic E-state index is -0.376. The van der Waals surface area contributed by atoms with Gasteiger partial charge in [0.05, 0.1) is 5.69 Å². The lowest BCUT2D eigenvalue weighted by Gasteiger charge is -2.20. The summed E-state index contributed by atoms with van der Waals surface area (Å²) in [6.07, 6.45) is 0. The fourth-order valence-corrected chi connectivity index (χ4v) is 1.70. The number of carbonyl (C=O) groups excluding carboxylic acids is 1. The maximum atomic E-state index is 12.0. The Hall–Kier alpha value is -2.04. The molecule has 2 amide bonds. The third-order valence-corrected chi connectivity index (χ3v) is 2.73. The van der Waals surface area contributed by atoms with Gasteiger partial charge < -0.3 is 10.6 Å². The normalized spacial score (nSPS) is 11.3. The number of urea groups is 1. The molecule has 0 fully saturated rings. The Morgan fingerprint density at radius 2 is 1.67 bits per heavy atom. The molecule has 0 spiro atoms. The van der Waals surface area contributed by atoms with Crippen LogP contribution in [0, 0.1) is 13.8 Å². The Kier molecular flexibility index (Phi) is 4.31. The number of nitrogens with zero attached hydrogens (tertiary/aromatic N) is 3. The highest BCUT2D eigenvalue weighted by molar-refractivity contribution is 6.00. The fourth-order valence-electron chi connectivity index (χ4n) is 1.70. The number of para-hydroxylation sites is 1. The molecule has 0 aliphatic rings. The van der Waals surface area contributed by atoms with Crippen molar-refractivity contribution in [2.75, 3.05) is 26.0 Å². The number of hydrogen-bond donors (Lipinski definition) is 1. The molecular formula is C13H20N4O. The Balaban J connectivity index is 3.05. The summed E-state index contributed by atoms with van der Waals surface area (Å²) in [6.45, 7) is 3.93. The molecule has 0 unspecified atom stereocenters. The molecule has 1 rings (SSSR count). The van der Waals surface area contributed by atoms with Crippen molar-refractivity contribution in [3.05, 3.63) is 29.3 Å². The second-order valence-electron chi connectivity index (χ2n) is 4.45. The summed E-state index contributed by atoms with van der Waals surface area (Å²) in [4.78, 5) is 18.9. The maximum Gasteiger partial charge on any atom is 0.350 e. The van der Waals surface area contributed by atoms with E-state index in [9.17, 15) is 4.79 Å². The SMILES string of the molecule is Cc1cccc(C)c1N(C)C(=O)/N=C(/N)N(C)C. The molecule has 2 N–H and O–H groups in total. The molecule has 0 bridgehead atoms. The van der Waals surface area contributed by atoms with Gasteiger partial charge in [0, 0.05) is 21.1 Å². The number of aliphatic imine (C=N–C) groups is 1.